The molecule has 2 rings (SSSR count). The van der Waals surface area contributed by atoms with Crippen molar-refractivity contribution in [1.29, 1.82) is 0 Å². The van der Waals surface area contributed by atoms with Crippen molar-refractivity contribution in [2.75, 3.05) is 11.1 Å². The number of nitrogens with zero attached hydrogens (tertiary/aromatic N) is 2. The molecule has 2 amide bonds. The maximum absolute atomic E-state index is 11.7. The van der Waals surface area contributed by atoms with Crippen LogP contribution in [0.2, 0.25) is 0 Å². The summed E-state index contributed by atoms with van der Waals surface area (Å²) in [4.78, 5) is 23.3. The topological polar surface area (TPSA) is 110 Å². The Labute approximate surface area is 119 Å². The molecule has 1 aliphatic rings. The van der Waals surface area contributed by atoms with Crippen molar-refractivity contribution in [3.05, 3.63) is 11.8 Å². The van der Waals surface area contributed by atoms with E-state index in [0.717, 1.165) is 12.8 Å². The molecule has 10 heteroatoms. The third-order valence-corrected chi connectivity index (χ3v) is 2.57. The molecule has 6 radical (unpaired) electrons. The van der Waals surface area contributed by atoms with Crippen LogP contribution in [0.1, 0.15) is 23.3 Å². The van der Waals surface area contributed by atoms with Gasteiger partial charge in [0.25, 0.3) is 5.91 Å². The smallest absolute Gasteiger partial charge is 0.272 e. The number of nitrogen functional groups attached to an aromatic ring is 1. The molecule has 96 valence electrons. The van der Waals surface area contributed by atoms with E-state index in [4.69, 9.17) is 29.3 Å². The van der Waals surface area contributed by atoms with Gasteiger partial charge in [0, 0.05) is 12.0 Å². The van der Waals surface area contributed by atoms with Crippen molar-refractivity contribution >= 4 is 46.9 Å². The van der Waals surface area contributed by atoms with Crippen LogP contribution in [0.15, 0.2) is 6.07 Å². The van der Waals surface area contributed by atoms with Crippen LogP contribution in [0, 0.1) is 5.92 Å². The van der Waals surface area contributed by atoms with E-state index in [9.17, 15) is 9.59 Å². The lowest BCUT2D eigenvalue weighted by atomic mass is 9.49. The molecule has 0 unspecified atom stereocenters. The van der Waals surface area contributed by atoms with Crippen LogP contribution >= 0.6 is 0 Å². The van der Waals surface area contributed by atoms with E-state index in [0.29, 0.717) is 0 Å². The first-order chi connectivity index (χ1) is 9.26. The van der Waals surface area contributed by atoms with Gasteiger partial charge in [-0.2, -0.15) is 0 Å². The molecule has 20 heavy (non-hydrogen) atoms. The minimum Gasteiger partial charge on any atom is -0.397 e. The number of carbonyl (C=O) groups excluding carboxylic acids is 2. The second-order valence-electron chi connectivity index (χ2n) is 4.68. The third kappa shape index (κ3) is 3.75. The number of amides is 2. The van der Waals surface area contributed by atoms with Crippen LogP contribution in [-0.2, 0) is 4.79 Å². The fraction of sp³-hybridized carbons (Fsp3) is 0.400. The highest BCUT2D eigenvalue weighted by Gasteiger charge is 2.30. The van der Waals surface area contributed by atoms with Crippen molar-refractivity contribution in [1.82, 2.24) is 15.5 Å². The van der Waals surface area contributed by atoms with Gasteiger partial charge in [0.15, 0.2) is 11.5 Å². The normalized spacial score (nSPS) is 14.6. The van der Waals surface area contributed by atoms with Crippen molar-refractivity contribution in [3.63, 3.8) is 0 Å². The van der Waals surface area contributed by atoms with E-state index >= 15 is 0 Å². The van der Waals surface area contributed by atoms with E-state index in [2.05, 4.69) is 20.8 Å². The Hall–Kier alpha value is -1.99. The molecule has 0 aromatic carbocycles. The molecule has 4 N–H and O–H groups in total. The molecule has 1 aromatic rings. The first-order valence-corrected chi connectivity index (χ1v) is 5.89. The van der Waals surface area contributed by atoms with E-state index in [1.807, 2.05) is 0 Å². The quantitative estimate of drug-likeness (QED) is 0.559. The zero-order valence-corrected chi connectivity index (χ0v) is 10.6. The summed E-state index contributed by atoms with van der Waals surface area (Å²) in [7, 11) is 15.7. The Morgan fingerprint density at radius 1 is 1.30 bits per heavy atom. The Kier molecular flexibility index (Phi) is 3.74. The van der Waals surface area contributed by atoms with Crippen molar-refractivity contribution < 1.29 is 9.59 Å². The van der Waals surface area contributed by atoms with Crippen LogP contribution in [0.25, 0.3) is 0 Å². The largest absolute Gasteiger partial charge is 0.397 e. The summed E-state index contributed by atoms with van der Waals surface area (Å²) in [6.45, 7) is 0. The summed E-state index contributed by atoms with van der Waals surface area (Å²) in [6, 6.07) is 1.33. The molecule has 0 bridgehead atoms. The highest BCUT2D eigenvalue weighted by molar-refractivity contribution is 6.60. The summed E-state index contributed by atoms with van der Waals surface area (Å²) in [6.07, 6.45) is 1.72. The van der Waals surface area contributed by atoms with Gasteiger partial charge in [-0.1, -0.05) is 5.24 Å². The van der Waals surface area contributed by atoms with E-state index in [1.165, 1.54) is 6.07 Å². The number of aromatic nitrogens is 2. The molecule has 1 aliphatic carbocycles. The van der Waals surface area contributed by atoms with E-state index in [1.54, 1.807) is 0 Å². The van der Waals surface area contributed by atoms with Crippen LogP contribution in [0.3, 0.4) is 0 Å². The highest BCUT2D eigenvalue weighted by Crippen LogP contribution is 2.30. The SMILES string of the molecule is [B]C([B])([B])NC(=O)c1nnc(NC(=O)C2CC2)cc1N. The number of carbonyl (C=O) groups is 2. The van der Waals surface area contributed by atoms with Crippen LogP contribution in [0.4, 0.5) is 11.5 Å². The summed E-state index contributed by atoms with van der Waals surface area (Å²) in [5.74, 6) is -0.702. The number of hydrogen-bond donors (Lipinski definition) is 3. The zero-order valence-electron chi connectivity index (χ0n) is 10.6. The monoisotopic (exact) mass is 265 g/mol. The highest BCUT2D eigenvalue weighted by atomic mass is 16.2. The lowest BCUT2D eigenvalue weighted by Gasteiger charge is -2.21. The van der Waals surface area contributed by atoms with Gasteiger partial charge < -0.3 is 16.4 Å². The first-order valence-electron chi connectivity index (χ1n) is 5.89. The fourth-order valence-corrected chi connectivity index (χ4v) is 1.47. The number of hydrogen-bond acceptors (Lipinski definition) is 5. The third-order valence-electron chi connectivity index (χ3n) is 2.57. The maximum atomic E-state index is 11.7. The fourth-order valence-electron chi connectivity index (χ4n) is 1.47. The van der Waals surface area contributed by atoms with Gasteiger partial charge in [0.1, 0.15) is 0 Å². The summed E-state index contributed by atoms with van der Waals surface area (Å²) in [5, 5.41) is 10.1. The minimum atomic E-state index is -1.88. The lowest BCUT2D eigenvalue weighted by molar-refractivity contribution is -0.117. The van der Waals surface area contributed by atoms with Crippen molar-refractivity contribution in [2.45, 2.75) is 18.1 Å². The van der Waals surface area contributed by atoms with Crippen molar-refractivity contribution in [2.24, 2.45) is 5.92 Å². The van der Waals surface area contributed by atoms with Crippen LogP contribution < -0.4 is 16.4 Å². The van der Waals surface area contributed by atoms with Gasteiger partial charge in [-0.3, -0.25) is 9.59 Å². The van der Waals surface area contributed by atoms with Gasteiger partial charge in [-0.15, -0.1) is 10.2 Å². The van der Waals surface area contributed by atoms with Gasteiger partial charge >= 0.3 is 0 Å². The molecule has 7 nitrogen and oxygen atoms in total. The molecule has 0 saturated heterocycles. The number of nitrogens with two attached hydrogens (primary N) is 1. The Morgan fingerprint density at radius 2 is 1.95 bits per heavy atom. The molecule has 1 heterocycles. The molecule has 0 spiro atoms. The van der Waals surface area contributed by atoms with Crippen LogP contribution in [-0.4, -0.2) is 50.8 Å². The average molecular weight is 265 g/mol. The maximum Gasteiger partial charge on any atom is 0.272 e. The molecule has 1 fully saturated rings. The summed E-state index contributed by atoms with van der Waals surface area (Å²) >= 11 is 0. The second kappa shape index (κ2) is 5.18. The predicted octanol–water partition coefficient (Wildman–Crippen LogP) is -1.75. The number of anilines is 2. The van der Waals surface area contributed by atoms with Gasteiger partial charge in [-0.25, -0.2) is 0 Å². The van der Waals surface area contributed by atoms with Gasteiger partial charge in [0.05, 0.1) is 29.2 Å². The molecule has 0 atom stereocenters. The number of rotatable bonds is 4. The van der Waals surface area contributed by atoms with Gasteiger partial charge in [-0.05, 0) is 12.8 Å². The summed E-state index contributed by atoms with van der Waals surface area (Å²) in [5.41, 5.74) is 5.51. The van der Waals surface area contributed by atoms with Gasteiger partial charge in [0.2, 0.25) is 5.91 Å². The van der Waals surface area contributed by atoms with E-state index in [-0.39, 0.29) is 29.0 Å². The minimum absolute atomic E-state index is 0.0212. The Morgan fingerprint density at radius 3 is 2.45 bits per heavy atom. The first kappa shape index (κ1) is 14.4. The lowest BCUT2D eigenvalue weighted by Crippen LogP contribution is -2.50. The van der Waals surface area contributed by atoms with Crippen molar-refractivity contribution in [3.8, 4) is 0 Å². The number of nitrogens with one attached hydrogen (secondary N) is 2. The van der Waals surface area contributed by atoms with E-state index < -0.39 is 11.1 Å². The van der Waals surface area contributed by atoms with Crippen LogP contribution in [0.5, 0.6) is 0 Å². The summed E-state index contributed by atoms with van der Waals surface area (Å²) < 4.78 is 0. The molecule has 1 aromatic heterocycles. The Balaban J connectivity index is 2.08. The molecule has 0 aliphatic heterocycles. The molecular weight excluding hydrogens is 255 g/mol. The predicted molar refractivity (Wildman–Crippen MR) is 75.3 cm³/mol. The molecule has 1 saturated carbocycles. The zero-order chi connectivity index (χ0) is 14.9. The second-order valence-corrected chi connectivity index (χ2v) is 4.68. The standard InChI is InChI=1S/C10H10B3N5O2/c11-10(12,13)16-9(20)7-5(14)3-6(17-18-7)15-8(19)4-1-2-4/h3-4H,1-2H2,(H,16,20)(H3,14,15,17,19). The average Bonchev–Trinajstić information content (AvgIpc) is 3.09. The molecular formula is C10H10B3N5O2. The Bertz CT molecular complexity index is 556.